The summed E-state index contributed by atoms with van der Waals surface area (Å²) in [7, 11) is 5.56. The van der Waals surface area contributed by atoms with Gasteiger partial charge < -0.3 is 20.1 Å². The molecule has 6 heteroatoms. The molecular formula is C11H21N3O2S. The highest BCUT2D eigenvalue weighted by Gasteiger charge is 2.12. The first-order valence-corrected chi connectivity index (χ1v) is 6.46. The van der Waals surface area contributed by atoms with Crippen LogP contribution in [-0.2, 0) is 6.54 Å². The van der Waals surface area contributed by atoms with E-state index in [9.17, 15) is 0 Å². The van der Waals surface area contributed by atoms with Crippen molar-refractivity contribution in [3.05, 3.63) is 4.88 Å². The van der Waals surface area contributed by atoms with Gasteiger partial charge in [-0.3, -0.25) is 0 Å². The summed E-state index contributed by atoms with van der Waals surface area (Å²) in [5, 5.41) is 13.4. The third-order valence-electron chi connectivity index (χ3n) is 2.25. The molecule has 98 valence electrons. The van der Waals surface area contributed by atoms with Gasteiger partial charge in [-0.15, -0.1) is 0 Å². The Morgan fingerprint density at radius 3 is 2.76 bits per heavy atom. The fraction of sp³-hybridized carbons (Fsp3) is 0.727. The average Bonchev–Trinajstić information content (AvgIpc) is 2.67. The minimum atomic E-state index is -0.261. The van der Waals surface area contributed by atoms with Crippen LogP contribution in [0.25, 0.3) is 0 Å². The maximum atomic E-state index is 9.15. The van der Waals surface area contributed by atoms with Gasteiger partial charge in [0.1, 0.15) is 0 Å². The first kappa shape index (κ1) is 14.2. The summed E-state index contributed by atoms with van der Waals surface area (Å²) < 4.78 is 5.24. The third kappa shape index (κ3) is 4.49. The van der Waals surface area contributed by atoms with E-state index in [0.717, 1.165) is 29.5 Å². The van der Waals surface area contributed by atoms with Crippen LogP contribution in [0.15, 0.2) is 0 Å². The monoisotopic (exact) mass is 259 g/mol. The number of hydrogen-bond donors (Lipinski definition) is 2. The van der Waals surface area contributed by atoms with E-state index < -0.39 is 0 Å². The molecule has 1 atom stereocenters. The number of aromatic nitrogens is 1. The summed E-state index contributed by atoms with van der Waals surface area (Å²) >= 11 is 1.62. The van der Waals surface area contributed by atoms with Crippen molar-refractivity contribution >= 4 is 16.5 Å². The molecule has 1 aromatic heterocycles. The Morgan fingerprint density at radius 2 is 2.24 bits per heavy atom. The number of rotatable bonds is 7. The van der Waals surface area contributed by atoms with E-state index in [1.807, 2.05) is 19.0 Å². The number of thiazole rings is 1. The molecular weight excluding hydrogens is 238 g/mol. The molecule has 0 amide bonds. The summed E-state index contributed by atoms with van der Waals surface area (Å²) in [5.41, 5.74) is 0. The predicted molar refractivity (Wildman–Crippen MR) is 71.0 cm³/mol. The van der Waals surface area contributed by atoms with E-state index in [0.29, 0.717) is 5.88 Å². The Balaban J connectivity index is 2.51. The molecule has 0 aromatic carbocycles. The van der Waals surface area contributed by atoms with Crippen molar-refractivity contribution in [1.29, 1.82) is 0 Å². The smallest absolute Gasteiger partial charge is 0.230 e. The van der Waals surface area contributed by atoms with Crippen molar-refractivity contribution in [2.75, 3.05) is 32.6 Å². The maximum Gasteiger partial charge on any atom is 0.230 e. The lowest BCUT2D eigenvalue weighted by Gasteiger charge is -2.06. The van der Waals surface area contributed by atoms with Gasteiger partial charge in [-0.25, -0.2) is 0 Å². The quantitative estimate of drug-likeness (QED) is 0.718. The number of methoxy groups -OCH3 is 1. The second-order valence-corrected chi connectivity index (χ2v) is 5.20. The molecule has 5 nitrogen and oxygen atoms in total. The largest absolute Gasteiger partial charge is 0.480 e. The highest BCUT2D eigenvalue weighted by atomic mass is 32.1. The van der Waals surface area contributed by atoms with Crippen LogP contribution in [0.5, 0.6) is 5.88 Å². The number of aliphatic hydroxyl groups excluding tert-OH is 1. The Bertz CT molecular complexity index is 339. The number of aliphatic hydroxyl groups is 1. The average molecular weight is 259 g/mol. The Morgan fingerprint density at radius 1 is 1.53 bits per heavy atom. The Labute approximate surface area is 106 Å². The van der Waals surface area contributed by atoms with Crippen molar-refractivity contribution in [3.8, 4) is 5.88 Å². The first-order chi connectivity index (χ1) is 8.04. The summed E-state index contributed by atoms with van der Waals surface area (Å²) in [6.45, 7) is 3.30. The molecule has 1 rings (SSSR count). The van der Waals surface area contributed by atoms with Crippen molar-refractivity contribution in [2.24, 2.45) is 0 Å². The number of ether oxygens (including phenoxy) is 1. The zero-order valence-corrected chi connectivity index (χ0v) is 11.7. The summed E-state index contributed by atoms with van der Waals surface area (Å²) in [5.74, 6) is 0.684. The standard InChI is InChI=1S/C11H21N3O2S/c1-8(15)5-6-12-7-9-10(16-4)13-11(17-9)14(2)3/h8,12,15H,5-7H2,1-4H3. The summed E-state index contributed by atoms with van der Waals surface area (Å²) in [6, 6.07) is 0. The number of anilines is 1. The van der Waals surface area contributed by atoms with Crippen LogP contribution in [0.1, 0.15) is 18.2 Å². The Kier molecular flexibility index (Phi) is 5.67. The van der Waals surface area contributed by atoms with Crippen LogP contribution in [-0.4, -0.2) is 43.9 Å². The number of nitrogens with one attached hydrogen (secondary N) is 1. The normalized spacial score (nSPS) is 12.5. The second-order valence-electron chi connectivity index (χ2n) is 4.14. The Hall–Kier alpha value is -0.850. The highest BCUT2D eigenvalue weighted by Crippen LogP contribution is 2.30. The summed E-state index contributed by atoms with van der Waals surface area (Å²) in [6.07, 6.45) is 0.491. The highest BCUT2D eigenvalue weighted by molar-refractivity contribution is 7.15. The minimum Gasteiger partial charge on any atom is -0.480 e. The number of nitrogens with zero attached hydrogens (tertiary/aromatic N) is 2. The van der Waals surface area contributed by atoms with E-state index in [2.05, 4.69) is 10.3 Å². The van der Waals surface area contributed by atoms with Gasteiger partial charge in [0.15, 0.2) is 5.13 Å². The minimum absolute atomic E-state index is 0.261. The number of hydrogen-bond acceptors (Lipinski definition) is 6. The molecule has 1 heterocycles. The van der Waals surface area contributed by atoms with Gasteiger partial charge in [0.2, 0.25) is 5.88 Å². The molecule has 0 radical (unpaired) electrons. The van der Waals surface area contributed by atoms with Crippen LogP contribution >= 0.6 is 11.3 Å². The molecule has 0 aliphatic heterocycles. The molecule has 0 saturated carbocycles. The zero-order valence-electron chi connectivity index (χ0n) is 10.9. The summed E-state index contributed by atoms with van der Waals surface area (Å²) in [4.78, 5) is 7.42. The molecule has 0 aliphatic rings. The van der Waals surface area contributed by atoms with Crippen molar-refractivity contribution in [2.45, 2.75) is 26.0 Å². The van der Waals surface area contributed by atoms with Gasteiger partial charge in [-0.2, -0.15) is 4.98 Å². The lowest BCUT2D eigenvalue weighted by Crippen LogP contribution is -2.18. The van der Waals surface area contributed by atoms with Crippen molar-refractivity contribution in [3.63, 3.8) is 0 Å². The lowest BCUT2D eigenvalue weighted by atomic mass is 10.3. The predicted octanol–water partition coefficient (Wildman–Crippen LogP) is 1.08. The van der Waals surface area contributed by atoms with Crippen LogP contribution in [0.4, 0.5) is 5.13 Å². The molecule has 1 aromatic rings. The SMILES string of the molecule is COc1nc(N(C)C)sc1CNCCC(C)O. The van der Waals surface area contributed by atoms with Gasteiger partial charge in [-0.05, 0) is 19.9 Å². The third-order valence-corrected chi connectivity index (χ3v) is 3.45. The topological polar surface area (TPSA) is 57.6 Å². The zero-order chi connectivity index (χ0) is 12.8. The van der Waals surface area contributed by atoms with Crippen LogP contribution in [0.3, 0.4) is 0 Å². The van der Waals surface area contributed by atoms with E-state index in [-0.39, 0.29) is 6.10 Å². The first-order valence-electron chi connectivity index (χ1n) is 5.64. The van der Waals surface area contributed by atoms with Crippen LogP contribution in [0.2, 0.25) is 0 Å². The van der Waals surface area contributed by atoms with Gasteiger partial charge >= 0.3 is 0 Å². The van der Waals surface area contributed by atoms with Crippen LogP contribution in [0, 0.1) is 0 Å². The second kappa shape index (κ2) is 6.78. The van der Waals surface area contributed by atoms with E-state index in [1.165, 1.54) is 0 Å². The molecule has 0 bridgehead atoms. The van der Waals surface area contributed by atoms with Gasteiger partial charge in [-0.1, -0.05) is 11.3 Å². The van der Waals surface area contributed by atoms with Gasteiger partial charge in [0, 0.05) is 20.6 Å². The van der Waals surface area contributed by atoms with E-state index >= 15 is 0 Å². The molecule has 0 saturated heterocycles. The molecule has 0 spiro atoms. The molecule has 2 N–H and O–H groups in total. The molecule has 17 heavy (non-hydrogen) atoms. The van der Waals surface area contributed by atoms with Gasteiger partial charge in [0.25, 0.3) is 0 Å². The maximum absolute atomic E-state index is 9.15. The lowest BCUT2D eigenvalue weighted by molar-refractivity contribution is 0.183. The molecule has 1 unspecified atom stereocenters. The van der Waals surface area contributed by atoms with Gasteiger partial charge in [0.05, 0.1) is 18.1 Å². The van der Waals surface area contributed by atoms with E-state index in [1.54, 1.807) is 25.4 Å². The van der Waals surface area contributed by atoms with Crippen molar-refractivity contribution in [1.82, 2.24) is 10.3 Å². The van der Waals surface area contributed by atoms with E-state index in [4.69, 9.17) is 9.84 Å². The van der Waals surface area contributed by atoms with Crippen molar-refractivity contribution < 1.29 is 9.84 Å². The molecule has 0 fully saturated rings. The van der Waals surface area contributed by atoms with Crippen LogP contribution < -0.4 is 15.0 Å². The fourth-order valence-corrected chi connectivity index (χ4v) is 2.22. The fourth-order valence-electron chi connectivity index (χ4n) is 1.30. The molecule has 0 aliphatic carbocycles.